The van der Waals surface area contributed by atoms with E-state index in [-0.39, 0.29) is 6.10 Å². The number of hydrogen-bond donors (Lipinski definition) is 2. The molecule has 34 heavy (non-hydrogen) atoms. The van der Waals surface area contributed by atoms with Crippen molar-refractivity contribution in [1.82, 2.24) is 30.0 Å². The van der Waals surface area contributed by atoms with E-state index in [2.05, 4.69) is 56.3 Å². The van der Waals surface area contributed by atoms with E-state index in [1.807, 2.05) is 25.3 Å². The first kappa shape index (κ1) is 22.7. The van der Waals surface area contributed by atoms with Gasteiger partial charge in [-0.25, -0.2) is 15.0 Å². The third kappa shape index (κ3) is 5.19. The summed E-state index contributed by atoms with van der Waals surface area (Å²) in [5, 5.41) is 11.2. The third-order valence-electron chi connectivity index (χ3n) is 5.94. The Hall–Kier alpha value is -3.08. The van der Waals surface area contributed by atoms with Crippen molar-refractivity contribution in [3.8, 4) is 11.3 Å². The average Bonchev–Trinajstić information content (AvgIpc) is 3.44. The van der Waals surface area contributed by atoms with Crippen LogP contribution in [0.15, 0.2) is 36.7 Å². The molecule has 5 rings (SSSR count). The summed E-state index contributed by atoms with van der Waals surface area (Å²) < 4.78 is 5.70. The fourth-order valence-electron chi connectivity index (χ4n) is 4.07. The van der Waals surface area contributed by atoms with E-state index in [1.54, 1.807) is 6.20 Å². The van der Waals surface area contributed by atoms with E-state index in [0.29, 0.717) is 0 Å². The quantitative estimate of drug-likeness (QED) is 0.391. The number of pyridine rings is 2. The van der Waals surface area contributed by atoms with Gasteiger partial charge in [0.05, 0.1) is 24.6 Å². The molecule has 1 fully saturated rings. The van der Waals surface area contributed by atoms with Crippen LogP contribution in [-0.4, -0.2) is 75.5 Å². The van der Waals surface area contributed by atoms with Crippen LogP contribution in [0, 0.1) is 6.92 Å². The smallest absolute Gasteiger partial charge is 0.190 e. The van der Waals surface area contributed by atoms with E-state index in [0.717, 1.165) is 77.6 Å². The highest BCUT2D eigenvalue weighted by Crippen LogP contribution is 2.30. The summed E-state index contributed by atoms with van der Waals surface area (Å²) in [6, 6.07) is 8.15. The number of piperazine rings is 1. The molecule has 178 valence electrons. The Morgan fingerprint density at radius 1 is 1.15 bits per heavy atom. The maximum absolute atomic E-state index is 5.70. The van der Waals surface area contributed by atoms with Gasteiger partial charge in [0.25, 0.3) is 0 Å². The lowest BCUT2D eigenvalue weighted by atomic mass is 10.2. The Kier molecular flexibility index (Phi) is 6.70. The van der Waals surface area contributed by atoms with Gasteiger partial charge in [-0.05, 0) is 39.0 Å². The van der Waals surface area contributed by atoms with Crippen molar-refractivity contribution in [2.45, 2.75) is 26.9 Å². The summed E-state index contributed by atoms with van der Waals surface area (Å²) in [5.74, 6) is 0.787. The Labute approximate surface area is 203 Å². The molecule has 0 aliphatic carbocycles. The standard InChI is InChI=1S/C24H30N8OS/c1-16(2)33-13-12-31-8-10-32(11-9-31)18-6-7-25-22(14-18)29-24-28-21-5-4-20(27-23(21)34-24)19-15-26-30-17(19)3/h4-7,14-16H,8-13H2,1-3H3,(H,26,30)(H,25,28,29). The predicted octanol–water partition coefficient (Wildman–Crippen LogP) is 4.08. The lowest BCUT2D eigenvalue weighted by Crippen LogP contribution is -2.47. The SMILES string of the molecule is Cc1[nH]ncc1-c1ccc2nc(Nc3cc(N4CCN(CCOC(C)C)CC4)ccn3)sc2n1. The van der Waals surface area contributed by atoms with Crippen LogP contribution in [0.3, 0.4) is 0 Å². The van der Waals surface area contributed by atoms with Gasteiger partial charge in [-0.1, -0.05) is 11.3 Å². The van der Waals surface area contributed by atoms with E-state index < -0.39 is 0 Å². The molecule has 5 heterocycles. The van der Waals surface area contributed by atoms with E-state index >= 15 is 0 Å². The molecule has 4 aromatic heterocycles. The van der Waals surface area contributed by atoms with Crippen molar-refractivity contribution in [3.05, 3.63) is 42.4 Å². The number of H-pyrrole nitrogens is 1. The number of nitrogens with zero attached hydrogens (tertiary/aromatic N) is 6. The highest BCUT2D eigenvalue weighted by atomic mass is 32.1. The number of ether oxygens (including phenoxy) is 1. The van der Waals surface area contributed by atoms with Gasteiger partial charge in [-0.3, -0.25) is 10.00 Å². The maximum Gasteiger partial charge on any atom is 0.190 e. The number of aryl methyl sites for hydroxylation is 1. The zero-order valence-corrected chi connectivity index (χ0v) is 20.6. The van der Waals surface area contributed by atoms with Crippen LogP contribution in [0.2, 0.25) is 0 Å². The van der Waals surface area contributed by atoms with Crippen molar-refractivity contribution in [1.29, 1.82) is 0 Å². The maximum atomic E-state index is 5.70. The van der Waals surface area contributed by atoms with E-state index in [4.69, 9.17) is 14.7 Å². The van der Waals surface area contributed by atoms with Crippen LogP contribution in [0.1, 0.15) is 19.5 Å². The molecule has 2 N–H and O–H groups in total. The normalized spacial score (nSPS) is 14.9. The van der Waals surface area contributed by atoms with Crippen molar-refractivity contribution >= 4 is 38.3 Å². The fourth-order valence-corrected chi connectivity index (χ4v) is 4.92. The first-order valence-electron chi connectivity index (χ1n) is 11.6. The van der Waals surface area contributed by atoms with Crippen molar-refractivity contribution in [2.24, 2.45) is 0 Å². The summed E-state index contributed by atoms with van der Waals surface area (Å²) in [5.41, 5.74) is 4.94. The first-order valence-corrected chi connectivity index (χ1v) is 12.5. The minimum atomic E-state index is 0.290. The Morgan fingerprint density at radius 3 is 2.76 bits per heavy atom. The predicted molar refractivity (Wildman–Crippen MR) is 137 cm³/mol. The monoisotopic (exact) mass is 478 g/mol. The number of aromatic nitrogens is 5. The number of rotatable bonds is 8. The van der Waals surface area contributed by atoms with Crippen molar-refractivity contribution < 1.29 is 4.74 Å². The molecule has 0 unspecified atom stereocenters. The number of aromatic amines is 1. The average molecular weight is 479 g/mol. The highest BCUT2D eigenvalue weighted by molar-refractivity contribution is 7.21. The molecule has 4 aromatic rings. The van der Waals surface area contributed by atoms with Crippen molar-refractivity contribution in [3.63, 3.8) is 0 Å². The van der Waals surface area contributed by atoms with Gasteiger partial charge < -0.3 is 15.0 Å². The second-order valence-corrected chi connectivity index (χ2v) is 9.70. The van der Waals surface area contributed by atoms with Gasteiger partial charge in [0.1, 0.15) is 16.2 Å². The molecule has 10 heteroatoms. The topological polar surface area (TPSA) is 95.1 Å². The Balaban J connectivity index is 1.23. The molecule has 0 radical (unpaired) electrons. The van der Waals surface area contributed by atoms with Crippen LogP contribution < -0.4 is 10.2 Å². The van der Waals surface area contributed by atoms with E-state index in [9.17, 15) is 0 Å². The van der Waals surface area contributed by atoms with Gasteiger partial charge in [-0.2, -0.15) is 5.10 Å². The van der Waals surface area contributed by atoms with Crippen LogP contribution in [0.4, 0.5) is 16.6 Å². The molecular weight excluding hydrogens is 448 g/mol. The summed E-state index contributed by atoms with van der Waals surface area (Å²) in [4.78, 5) is 19.7. The van der Waals surface area contributed by atoms with Gasteiger partial charge in [0.15, 0.2) is 5.13 Å². The molecule has 1 saturated heterocycles. The Morgan fingerprint density at radius 2 is 2.00 bits per heavy atom. The third-order valence-corrected chi connectivity index (χ3v) is 6.82. The zero-order valence-electron chi connectivity index (χ0n) is 19.8. The molecule has 0 saturated carbocycles. The van der Waals surface area contributed by atoms with Crippen LogP contribution in [0.5, 0.6) is 0 Å². The second-order valence-electron chi connectivity index (χ2n) is 8.72. The molecule has 1 aliphatic rings. The molecule has 0 aromatic carbocycles. The largest absolute Gasteiger partial charge is 0.377 e. The minimum Gasteiger partial charge on any atom is -0.377 e. The lowest BCUT2D eigenvalue weighted by molar-refractivity contribution is 0.0579. The number of fused-ring (bicyclic) bond motifs is 1. The zero-order chi connectivity index (χ0) is 23.5. The van der Waals surface area contributed by atoms with Crippen molar-refractivity contribution in [2.75, 3.05) is 49.5 Å². The Bertz CT molecular complexity index is 1240. The van der Waals surface area contributed by atoms with Gasteiger partial charge >= 0.3 is 0 Å². The molecule has 0 spiro atoms. The summed E-state index contributed by atoms with van der Waals surface area (Å²) >= 11 is 1.52. The molecule has 0 bridgehead atoms. The fraction of sp³-hybridized carbons (Fsp3) is 0.417. The summed E-state index contributed by atoms with van der Waals surface area (Å²) in [6.07, 6.45) is 3.95. The first-order chi connectivity index (χ1) is 16.5. The van der Waals surface area contributed by atoms with E-state index in [1.165, 1.54) is 17.0 Å². The molecule has 0 atom stereocenters. The lowest BCUT2D eigenvalue weighted by Gasteiger charge is -2.36. The van der Waals surface area contributed by atoms with Gasteiger partial charge in [0.2, 0.25) is 0 Å². The number of hydrogen-bond acceptors (Lipinski definition) is 9. The number of nitrogens with one attached hydrogen (secondary N) is 2. The van der Waals surface area contributed by atoms with Crippen LogP contribution >= 0.6 is 11.3 Å². The second kappa shape index (κ2) is 10.0. The van der Waals surface area contributed by atoms with Gasteiger partial charge in [-0.15, -0.1) is 0 Å². The van der Waals surface area contributed by atoms with Crippen LogP contribution in [0.25, 0.3) is 21.6 Å². The molecule has 0 amide bonds. The summed E-state index contributed by atoms with van der Waals surface area (Å²) in [7, 11) is 0. The molecule has 1 aliphatic heterocycles. The van der Waals surface area contributed by atoms with Crippen LogP contribution in [-0.2, 0) is 4.74 Å². The summed E-state index contributed by atoms with van der Waals surface area (Å²) in [6.45, 7) is 12.0. The molecule has 9 nitrogen and oxygen atoms in total. The van der Waals surface area contributed by atoms with Gasteiger partial charge in [0, 0.05) is 61.9 Å². The minimum absolute atomic E-state index is 0.290. The number of anilines is 3. The number of thiazole rings is 1. The molecular formula is C24H30N8OS. The highest BCUT2D eigenvalue weighted by Gasteiger charge is 2.18.